The molecule has 33 heavy (non-hydrogen) atoms. The predicted octanol–water partition coefficient (Wildman–Crippen LogP) is 3.27. The lowest BCUT2D eigenvalue weighted by atomic mass is 10.0. The lowest BCUT2D eigenvalue weighted by molar-refractivity contribution is -0.140. The molecule has 0 radical (unpaired) electrons. The zero-order valence-corrected chi connectivity index (χ0v) is 20.5. The van der Waals surface area contributed by atoms with Crippen molar-refractivity contribution in [2.24, 2.45) is 0 Å². The summed E-state index contributed by atoms with van der Waals surface area (Å²) in [5.74, 6) is -1.03. The van der Waals surface area contributed by atoms with Gasteiger partial charge >= 0.3 is 0 Å². The van der Waals surface area contributed by atoms with Crippen LogP contribution in [-0.4, -0.2) is 51.0 Å². The van der Waals surface area contributed by atoms with Crippen LogP contribution >= 0.6 is 0 Å². The van der Waals surface area contributed by atoms with Crippen LogP contribution in [0.25, 0.3) is 0 Å². The Morgan fingerprint density at radius 2 is 1.61 bits per heavy atom. The molecule has 9 heteroatoms. The Labute approximate surface area is 195 Å². The van der Waals surface area contributed by atoms with Crippen LogP contribution in [0.15, 0.2) is 48.5 Å². The molecular formula is C24H32FN3O4S. The number of nitrogens with zero attached hydrogens (tertiary/aromatic N) is 2. The number of benzene rings is 2. The largest absolute Gasteiger partial charge is 0.357 e. The van der Waals surface area contributed by atoms with Gasteiger partial charge in [0, 0.05) is 13.6 Å². The molecule has 2 rings (SSSR count). The van der Waals surface area contributed by atoms with Crippen LogP contribution in [0.4, 0.5) is 10.1 Å². The van der Waals surface area contributed by atoms with Crippen molar-refractivity contribution in [3.63, 3.8) is 0 Å². The summed E-state index contributed by atoms with van der Waals surface area (Å²) >= 11 is 0. The highest BCUT2D eigenvalue weighted by Crippen LogP contribution is 2.23. The van der Waals surface area contributed by atoms with E-state index < -0.39 is 34.3 Å². The van der Waals surface area contributed by atoms with Gasteiger partial charge in [0.05, 0.1) is 11.9 Å². The molecule has 0 saturated heterocycles. The molecule has 2 aromatic carbocycles. The van der Waals surface area contributed by atoms with Crippen LogP contribution in [0.2, 0.25) is 0 Å². The molecule has 0 aliphatic rings. The second-order valence-electron chi connectivity index (χ2n) is 8.20. The van der Waals surface area contributed by atoms with Crippen molar-refractivity contribution < 1.29 is 22.4 Å². The number of anilines is 1. The minimum Gasteiger partial charge on any atom is -0.357 e. The number of carbonyl (C=O) groups is 2. The highest BCUT2D eigenvalue weighted by atomic mass is 32.2. The maximum absolute atomic E-state index is 13.4. The lowest BCUT2D eigenvalue weighted by Gasteiger charge is -2.32. The maximum atomic E-state index is 13.4. The predicted molar refractivity (Wildman–Crippen MR) is 128 cm³/mol. The van der Waals surface area contributed by atoms with E-state index in [-0.39, 0.29) is 18.4 Å². The molecule has 0 heterocycles. The Balaban J connectivity index is 2.40. The van der Waals surface area contributed by atoms with Gasteiger partial charge in [-0.05, 0) is 47.7 Å². The molecule has 0 spiro atoms. The van der Waals surface area contributed by atoms with Crippen molar-refractivity contribution in [1.82, 2.24) is 10.2 Å². The summed E-state index contributed by atoms with van der Waals surface area (Å²) in [6, 6.07) is 11.8. The summed E-state index contributed by atoms with van der Waals surface area (Å²) in [6.45, 7) is 5.40. The van der Waals surface area contributed by atoms with Crippen LogP contribution in [0, 0.1) is 5.82 Å². The third-order valence-corrected chi connectivity index (χ3v) is 6.57. The third-order valence-electron chi connectivity index (χ3n) is 5.43. The van der Waals surface area contributed by atoms with Gasteiger partial charge in [-0.2, -0.15) is 0 Å². The van der Waals surface area contributed by atoms with Gasteiger partial charge in [0.25, 0.3) is 0 Å². The second-order valence-corrected chi connectivity index (χ2v) is 10.1. The Morgan fingerprint density at radius 3 is 2.06 bits per heavy atom. The van der Waals surface area contributed by atoms with Gasteiger partial charge in [-0.15, -0.1) is 0 Å². The minimum atomic E-state index is -3.78. The number of amides is 2. The highest BCUT2D eigenvalue weighted by molar-refractivity contribution is 7.92. The van der Waals surface area contributed by atoms with Gasteiger partial charge in [-0.25, -0.2) is 12.8 Å². The fourth-order valence-corrected chi connectivity index (χ4v) is 4.36. The van der Waals surface area contributed by atoms with Crippen molar-refractivity contribution in [1.29, 1.82) is 0 Å². The second kappa shape index (κ2) is 11.3. The minimum absolute atomic E-state index is 0.0366. The Bertz CT molecular complexity index is 1050. The van der Waals surface area contributed by atoms with E-state index in [0.717, 1.165) is 16.1 Å². The summed E-state index contributed by atoms with van der Waals surface area (Å²) in [5.41, 5.74) is 2.03. The average molecular weight is 478 g/mol. The first-order chi connectivity index (χ1) is 15.5. The first-order valence-electron chi connectivity index (χ1n) is 10.8. The molecule has 2 amide bonds. The van der Waals surface area contributed by atoms with E-state index >= 15 is 0 Å². The molecule has 0 bridgehead atoms. The molecule has 1 N–H and O–H groups in total. The summed E-state index contributed by atoms with van der Waals surface area (Å²) in [5, 5.41) is 2.55. The van der Waals surface area contributed by atoms with Crippen LogP contribution in [0.1, 0.15) is 44.2 Å². The quantitative estimate of drug-likeness (QED) is 0.569. The Morgan fingerprint density at radius 1 is 1.03 bits per heavy atom. The monoisotopic (exact) mass is 477 g/mol. The molecule has 0 aromatic heterocycles. The van der Waals surface area contributed by atoms with Gasteiger partial charge < -0.3 is 10.2 Å². The fraction of sp³-hybridized carbons (Fsp3) is 0.417. The normalized spacial score (nSPS) is 12.3. The van der Waals surface area contributed by atoms with E-state index in [1.807, 2.05) is 26.0 Å². The number of carbonyl (C=O) groups excluding carboxylic acids is 2. The van der Waals surface area contributed by atoms with Crippen LogP contribution in [-0.2, 0) is 26.2 Å². The van der Waals surface area contributed by atoms with Crippen LogP contribution in [0.5, 0.6) is 0 Å². The number of halogens is 1. The highest BCUT2D eigenvalue weighted by Gasteiger charge is 2.31. The molecule has 0 aliphatic carbocycles. The standard InChI is InChI=1S/C24H32FN3O4S/c1-6-22(24(30)26-4)27(15-18-7-11-20(25)12-8-18)23(29)16-28(33(5,31)32)21-13-9-19(10-14-21)17(2)3/h7-14,17,22H,6,15-16H2,1-5H3,(H,26,30)/t22-/m1/s1. The fourth-order valence-electron chi connectivity index (χ4n) is 3.51. The van der Waals surface area contributed by atoms with Crippen molar-refractivity contribution >= 4 is 27.5 Å². The third kappa shape index (κ3) is 7.02. The van der Waals surface area contributed by atoms with Crippen LogP contribution in [0.3, 0.4) is 0 Å². The average Bonchev–Trinajstić information content (AvgIpc) is 2.77. The van der Waals surface area contributed by atoms with Gasteiger partial charge in [-0.3, -0.25) is 13.9 Å². The number of sulfonamides is 1. The van der Waals surface area contributed by atoms with Crippen molar-refractivity contribution in [2.75, 3.05) is 24.2 Å². The van der Waals surface area contributed by atoms with E-state index in [1.165, 1.54) is 36.2 Å². The molecule has 1 atom stereocenters. The number of nitrogens with one attached hydrogen (secondary N) is 1. The zero-order valence-electron chi connectivity index (χ0n) is 19.7. The molecule has 0 aliphatic heterocycles. The SMILES string of the molecule is CC[C@H](C(=O)NC)N(Cc1ccc(F)cc1)C(=O)CN(c1ccc(C(C)C)cc1)S(C)(=O)=O. The first kappa shape index (κ1) is 26.3. The first-order valence-corrected chi connectivity index (χ1v) is 12.7. The van der Waals surface area contributed by atoms with Gasteiger partial charge in [0.1, 0.15) is 18.4 Å². The topological polar surface area (TPSA) is 86.8 Å². The summed E-state index contributed by atoms with van der Waals surface area (Å²) in [6.07, 6.45) is 1.37. The molecular weight excluding hydrogens is 445 g/mol. The zero-order chi connectivity index (χ0) is 24.8. The molecule has 180 valence electrons. The molecule has 0 fully saturated rings. The Kier molecular flexibility index (Phi) is 8.99. The van der Waals surface area contributed by atoms with Crippen LogP contribution < -0.4 is 9.62 Å². The van der Waals surface area contributed by atoms with E-state index in [4.69, 9.17) is 0 Å². The molecule has 0 saturated carbocycles. The smallest absolute Gasteiger partial charge is 0.244 e. The van der Waals surface area contributed by atoms with E-state index in [9.17, 15) is 22.4 Å². The van der Waals surface area contributed by atoms with E-state index in [1.54, 1.807) is 19.1 Å². The number of likely N-dealkylation sites (N-methyl/N-ethyl adjacent to an activating group) is 1. The van der Waals surface area contributed by atoms with Gasteiger partial charge in [0.2, 0.25) is 21.8 Å². The summed E-state index contributed by atoms with van der Waals surface area (Å²) in [7, 11) is -2.30. The molecule has 7 nitrogen and oxygen atoms in total. The Hall–Kier alpha value is -2.94. The number of rotatable bonds is 10. The lowest BCUT2D eigenvalue weighted by Crippen LogP contribution is -2.51. The van der Waals surface area contributed by atoms with E-state index in [0.29, 0.717) is 17.7 Å². The number of hydrogen-bond acceptors (Lipinski definition) is 4. The van der Waals surface area contributed by atoms with Gasteiger partial charge in [0.15, 0.2) is 0 Å². The van der Waals surface area contributed by atoms with Crippen molar-refractivity contribution in [3.8, 4) is 0 Å². The van der Waals surface area contributed by atoms with Gasteiger partial charge in [-0.1, -0.05) is 45.0 Å². The summed E-state index contributed by atoms with van der Waals surface area (Å²) < 4.78 is 39.5. The number of hydrogen-bond donors (Lipinski definition) is 1. The van der Waals surface area contributed by atoms with Crippen molar-refractivity contribution in [2.45, 2.75) is 45.7 Å². The molecule has 0 unspecified atom stereocenters. The molecule has 2 aromatic rings. The van der Waals surface area contributed by atoms with Crippen molar-refractivity contribution in [3.05, 3.63) is 65.5 Å². The van der Waals surface area contributed by atoms with E-state index in [2.05, 4.69) is 5.32 Å². The summed E-state index contributed by atoms with van der Waals surface area (Å²) in [4.78, 5) is 27.2. The maximum Gasteiger partial charge on any atom is 0.244 e.